The van der Waals surface area contributed by atoms with Crippen LogP contribution in [0.1, 0.15) is 10.5 Å². The van der Waals surface area contributed by atoms with Gasteiger partial charge >= 0.3 is 0 Å². The number of nitrogens with one attached hydrogen (secondary N) is 1. The molecule has 27 heavy (non-hydrogen) atoms. The number of rotatable bonds is 4. The summed E-state index contributed by atoms with van der Waals surface area (Å²) in [5.74, 6) is -0.168. The van der Waals surface area contributed by atoms with Gasteiger partial charge in [0.15, 0.2) is 0 Å². The number of aromatic nitrogens is 2. The molecule has 9 nitrogen and oxygen atoms in total. The van der Waals surface area contributed by atoms with Crippen LogP contribution in [0.5, 0.6) is 5.75 Å². The van der Waals surface area contributed by atoms with Gasteiger partial charge in [-0.15, -0.1) is 0 Å². The van der Waals surface area contributed by atoms with Crippen LogP contribution in [0.3, 0.4) is 0 Å². The molecule has 1 N–H and O–H groups in total. The van der Waals surface area contributed by atoms with Crippen LogP contribution >= 0.6 is 11.6 Å². The molecule has 0 unspecified atom stereocenters. The fourth-order valence-corrected chi connectivity index (χ4v) is 4.59. The lowest BCUT2D eigenvalue weighted by molar-refractivity contribution is 0.0690. The fourth-order valence-electron chi connectivity index (χ4n) is 2.75. The second-order valence-corrected chi connectivity index (χ2v) is 8.14. The zero-order valence-electron chi connectivity index (χ0n) is 14.4. The van der Waals surface area contributed by atoms with E-state index in [1.807, 2.05) is 0 Å². The summed E-state index contributed by atoms with van der Waals surface area (Å²) in [6.45, 7) is 0.629. The molecule has 3 rings (SSSR count). The molecule has 11 heteroatoms. The molecule has 2 aromatic rings. The summed E-state index contributed by atoms with van der Waals surface area (Å²) in [6.07, 6.45) is 0. The van der Waals surface area contributed by atoms with Crippen molar-refractivity contribution in [2.45, 2.75) is 4.90 Å². The highest BCUT2D eigenvalue weighted by molar-refractivity contribution is 7.89. The van der Waals surface area contributed by atoms with Crippen molar-refractivity contribution in [2.75, 3.05) is 33.3 Å². The van der Waals surface area contributed by atoms with Gasteiger partial charge in [-0.05, 0) is 24.3 Å². The molecule has 0 spiro atoms. The Bertz CT molecular complexity index is 995. The monoisotopic (exact) mass is 412 g/mol. The van der Waals surface area contributed by atoms with Crippen molar-refractivity contribution in [3.8, 4) is 5.75 Å². The average molecular weight is 413 g/mol. The maximum atomic E-state index is 12.9. The number of sulfonamides is 1. The van der Waals surface area contributed by atoms with Crippen LogP contribution in [0.25, 0.3) is 0 Å². The van der Waals surface area contributed by atoms with Crippen molar-refractivity contribution < 1.29 is 17.9 Å². The number of carbonyl (C=O) groups excluding carboxylic acids is 1. The number of benzene rings is 1. The second kappa shape index (κ2) is 7.67. The number of amides is 1. The summed E-state index contributed by atoms with van der Waals surface area (Å²) in [6, 6.07) is 6.94. The lowest BCUT2D eigenvalue weighted by Crippen LogP contribution is -2.50. The normalized spacial score (nSPS) is 15.6. The predicted molar refractivity (Wildman–Crippen MR) is 97.5 cm³/mol. The van der Waals surface area contributed by atoms with Crippen molar-refractivity contribution in [3.63, 3.8) is 0 Å². The third-order valence-electron chi connectivity index (χ3n) is 4.17. The highest BCUT2D eigenvalue weighted by Crippen LogP contribution is 2.30. The second-order valence-electron chi connectivity index (χ2n) is 5.80. The van der Waals surface area contributed by atoms with Crippen LogP contribution in [-0.2, 0) is 10.0 Å². The minimum atomic E-state index is -3.82. The predicted octanol–water partition coefficient (Wildman–Crippen LogP) is 0.579. The molecule has 0 aliphatic carbocycles. The number of ether oxygens (including phenoxy) is 1. The van der Waals surface area contributed by atoms with Crippen molar-refractivity contribution in [2.24, 2.45) is 0 Å². The van der Waals surface area contributed by atoms with E-state index in [1.165, 1.54) is 40.6 Å². The first-order valence-corrected chi connectivity index (χ1v) is 9.83. The number of H-pyrrole nitrogens is 1. The average Bonchev–Trinajstić information content (AvgIpc) is 2.68. The number of piperazine rings is 1. The maximum Gasteiger partial charge on any atom is 0.274 e. The molecule has 1 aliphatic rings. The maximum absolute atomic E-state index is 12.9. The van der Waals surface area contributed by atoms with E-state index in [-0.39, 0.29) is 53.4 Å². The molecular weight excluding hydrogens is 396 g/mol. The lowest BCUT2D eigenvalue weighted by Gasteiger charge is -2.34. The number of carbonyl (C=O) groups is 1. The van der Waals surface area contributed by atoms with E-state index in [0.29, 0.717) is 0 Å². The SMILES string of the molecule is COc1ccc(Cl)cc1S(=O)(=O)N1CCN(C(=O)c2ccc(=O)[nH]n2)CC1. The Morgan fingerprint density at radius 2 is 1.89 bits per heavy atom. The van der Waals surface area contributed by atoms with Crippen LogP contribution in [0, 0.1) is 0 Å². The summed E-state index contributed by atoms with van der Waals surface area (Å²) in [5, 5.41) is 6.20. The quantitative estimate of drug-likeness (QED) is 0.785. The van der Waals surface area contributed by atoms with Crippen molar-refractivity contribution in [1.82, 2.24) is 19.4 Å². The Morgan fingerprint density at radius 1 is 1.19 bits per heavy atom. The Balaban J connectivity index is 1.75. The number of methoxy groups -OCH3 is 1. The Hall–Kier alpha value is -2.43. The van der Waals surface area contributed by atoms with Crippen LogP contribution in [0.2, 0.25) is 5.02 Å². The van der Waals surface area contributed by atoms with Gasteiger partial charge in [0.2, 0.25) is 10.0 Å². The Kier molecular flexibility index (Phi) is 5.49. The van der Waals surface area contributed by atoms with Crippen molar-refractivity contribution >= 4 is 27.5 Å². The van der Waals surface area contributed by atoms with Gasteiger partial charge in [-0.2, -0.15) is 9.40 Å². The third-order valence-corrected chi connectivity index (χ3v) is 6.32. The zero-order chi connectivity index (χ0) is 19.6. The molecule has 1 fully saturated rings. The van der Waals surface area contributed by atoms with Crippen LogP contribution in [0.4, 0.5) is 0 Å². The fraction of sp³-hybridized carbons (Fsp3) is 0.312. The van der Waals surface area contributed by atoms with Crippen LogP contribution in [-0.4, -0.2) is 67.0 Å². The first-order chi connectivity index (χ1) is 12.8. The molecule has 0 saturated carbocycles. The number of halogens is 1. The molecule has 2 heterocycles. The van der Waals surface area contributed by atoms with Crippen molar-refractivity contribution in [3.05, 3.63) is 51.4 Å². The smallest absolute Gasteiger partial charge is 0.274 e. The van der Waals surface area contributed by atoms with E-state index in [9.17, 15) is 18.0 Å². The molecule has 0 atom stereocenters. The minimum Gasteiger partial charge on any atom is -0.495 e. The highest BCUT2D eigenvalue weighted by Gasteiger charge is 2.32. The standard InChI is InChI=1S/C16H17ClN4O5S/c1-26-13-4-2-11(17)10-14(13)27(24,25)21-8-6-20(7-9-21)16(23)12-3-5-15(22)19-18-12/h2-5,10H,6-9H2,1H3,(H,19,22). The van der Waals surface area contributed by atoms with E-state index in [1.54, 1.807) is 6.07 Å². The van der Waals surface area contributed by atoms with Gasteiger partial charge in [0, 0.05) is 37.3 Å². The highest BCUT2D eigenvalue weighted by atomic mass is 35.5. The molecule has 0 bridgehead atoms. The van der Waals surface area contributed by atoms with Gasteiger partial charge in [0.1, 0.15) is 16.3 Å². The molecule has 1 aliphatic heterocycles. The molecule has 1 aromatic carbocycles. The summed E-state index contributed by atoms with van der Waals surface area (Å²) >= 11 is 5.94. The largest absolute Gasteiger partial charge is 0.495 e. The minimum absolute atomic E-state index is 0.0143. The van der Waals surface area contributed by atoms with Gasteiger partial charge in [-0.3, -0.25) is 9.59 Å². The molecule has 1 aromatic heterocycles. The first kappa shape index (κ1) is 19.3. The summed E-state index contributed by atoms with van der Waals surface area (Å²) < 4.78 is 32.3. The summed E-state index contributed by atoms with van der Waals surface area (Å²) in [7, 11) is -2.44. The van der Waals surface area contributed by atoms with Gasteiger partial charge in [0.05, 0.1) is 7.11 Å². The zero-order valence-corrected chi connectivity index (χ0v) is 16.0. The molecule has 1 saturated heterocycles. The molecule has 144 valence electrons. The van der Waals surface area contributed by atoms with Crippen molar-refractivity contribution in [1.29, 1.82) is 0 Å². The topological polar surface area (TPSA) is 113 Å². The van der Waals surface area contributed by atoms with E-state index < -0.39 is 15.6 Å². The number of aromatic amines is 1. The number of nitrogens with zero attached hydrogens (tertiary/aromatic N) is 3. The van der Waals surface area contributed by atoms with Gasteiger partial charge in [-0.1, -0.05) is 11.6 Å². The van der Waals surface area contributed by atoms with Gasteiger partial charge in [0.25, 0.3) is 11.5 Å². The summed E-state index contributed by atoms with van der Waals surface area (Å²) in [4.78, 5) is 24.9. The van der Waals surface area contributed by atoms with Gasteiger partial charge < -0.3 is 9.64 Å². The lowest BCUT2D eigenvalue weighted by atomic mass is 10.3. The van der Waals surface area contributed by atoms with E-state index in [4.69, 9.17) is 16.3 Å². The van der Waals surface area contributed by atoms with E-state index in [0.717, 1.165) is 0 Å². The third kappa shape index (κ3) is 3.97. The Morgan fingerprint density at radius 3 is 2.48 bits per heavy atom. The number of hydrogen-bond donors (Lipinski definition) is 1. The molecule has 1 amide bonds. The Labute approximate surface area is 160 Å². The number of hydrogen-bond acceptors (Lipinski definition) is 6. The summed E-state index contributed by atoms with van der Waals surface area (Å²) in [5.41, 5.74) is -0.305. The molecule has 0 radical (unpaired) electrons. The van der Waals surface area contributed by atoms with E-state index >= 15 is 0 Å². The first-order valence-electron chi connectivity index (χ1n) is 8.01. The van der Waals surface area contributed by atoms with E-state index in [2.05, 4.69) is 10.2 Å². The van der Waals surface area contributed by atoms with Crippen LogP contribution < -0.4 is 10.3 Å². The van der Waals surface area contributed by atoms with Crippen LogP contribution in [0.15, 0.2) is 40.0 Å². The van der Waals surface area contributed by atoms with Gasteiger partial charge in [-0.25, -0.2) is 13.5 Å². The molecular formula is C16H17ClN4O5S.